The molecule has 2 aromatic rings. The van der Waals surface area contributed by atoms with Crippen molar-refractivity contribution in [1.82, 2.24) is 14.7 Å². The molecule has 0 aliphatic carbocycles. The summed E-state index contributed by atoms with van der Waals surface area (Å²) in [4.78, 5) is 7.28. The van der Waals surface area contributed by atoms with Crippen LogP contribution in [0.5, 0.6) is 0 Å². The summed E-state index contributed by atoms with van der Waals surface area (Å²) in [6, 6.07) is 6.19. The van der Waals surface area contributed by atoms with Gasteiger partial charge in [-0.3, -0.25) is 0 Å². The molecule has 1 N–H and O–H groups in total. The summed E-state index contributed by atoms with van der Waals surface area (Å²) in [5.74, 6) is 3.63. The molecule has 3 rings (SSSR count). The molecule has 0 radical (unpaired) electrons. The Morgan fingerprint density at radius 1 is 1.32 bits per heavy atom. The van der Waals surface area contributed by atoms with Crippen molar-refractivity contribution in [1.29, 1.82) is 0 Å². The summed E-state index contributed by atoms with van der Waals surface area (Å²) in [6.45, 7) is 3.07. The molecule has 1 aliphatic rings. The fraction of sp³-hybridized carbons (Fsp3) is 0.500. The van der Waals surface area contributed by atoms with Crippen molar-refractivity contribution in [3.63, 3.8) is 0 Å². The second-order valence-electron chi connectivity index (χ2n) is 4.79. The van der Waals surface area contributed by atoms with Crippen molar-refractivity contribution in [2.45, 2.75) is 13.0 Å². The van der Waals surface area contributed by atoms with Gasteiger partial charge in [-0.05, 0) is 31.4 Å². The maximum Gasteiger partial charge on any atom is 0.152 e. The topological polar surface area (TPSA) is 32.6 Å². The Bertz CT molecular complexity index is 543. The van der Waals surface area contributed by atoms with Gasteiger partial charge < -0.3 is 14.6 Å². The lowest BCUT2D eigenvalue weighted by Crippen LogP contribution is -2.27. The fourth-order valence-electron chi connectivity index (χ4n) is 2.58. The number of pyridine rings is 1. The van der Waals surface area contributed by atoms with Crippen molar-refractivity contribution in [2.24, 2.45) is 0 Å². The molecule has 102 valence electrons. The minimum Gasteiger partial charge on any atom is -0.354 e. The van der Waals surface area contributed by atoms with E-state index in [2.05, 4.69) is 32.9 Å². The second-order valence-corrected chi connectivity index (χ2v) is 6.02. The van der Waals surface area contributed by atoms with E-state index in [9.17, 15) is 0 Å². The van der Waals surface area contributed by atoms with E-state index in [4.69, 9.17) is 4.98 Å². The quantitative estimate of drug-likeness (QED) is 0.929. The lowest BCUT2D eigenvalue weighted by molar-refractivity contribution is 0.754. The molecule has 4 nitrogen and oxygen atoms in total. The van der Waals surface area contributed by atoms with Crippen LogP contribution < -0.4 is 10.2 Å². The number of hydrogen-bond donors (Lipinski definition) is 1. The van der Waals surface area contributed by atoms with Crippen LogP contribution in [0.4, 0.5) is 5.82 Å². The number of thioether (sulfide) groups is 1. The van der Waals surface area contributed by atoms with E-state index in [-0.39, 0.29) is 0 Å². The highest BCUT2D eigenvalue weighted by atomic mass is 32.2. The van der Waals surface area contributed by atoms with Gasteiger partial charge in [-0.15, -0.1) is 0 Å². The van der Waals surface area contributed by atoms with Gasteiger partial charge >= 0.3 is 0 Å². The zero-order valence-corrected chi connectivity index (χ0v) is 12.1. The van der Waals surface area contributed by atoms with Crippen molar-refractivity contribution in [2.75, 3.05) is 36.5 Å². The Balaban J connectivity index is 2.02. The van der Waals surface area contributed by atoms with Crippen LogP contribution >= 0.6 is 11.8 Å². The summed E-state index contributed by atoms with van der Waals surface area (Å²) in [5.41, 5.74) is 2.31. The highest BCUT2D eigenvalue weighted by Crippen LogP contribution is 2.24. The third kappa shape index (κ3) is 2.58. The summed E-state index contributed by atoms with van der Waals surface area (Å²) in [5, 5.41) is 3.26. The molecular weight excluding hydrogens is 256 g/mol. The monoisotopic (exact) mass is 276 g/mol. The zero-order chi connectivity index (χ0) is 13.1. The average Bonchev–Trinajstić information content (AvgIpc) is 2.64. The highest BCUT2D eigenvalue weighted by molar-refractivity contribution is 7.99. The molecule has 0 spiro atoms. The van der Waals surface area contributed by atoms with Crippen molar-refractivity contribution >= 4 is 23.2 Å². The SMILES string of the molecule is CNCc1c(N2CCCSCC2)nc2ccccn12. The number of imidazole rings is 1. The first kappa shape index (κ1) is 12.8. The van der Waals surface area contributed by atoms with E-state index in [1.807, 2.05) is 24.9 Å². The van der Waals surface area contributed by atoms with Crippen molar-refractivity contribution < 1.29 is 0 Å². The smallest absolute Gasteiger partial charge is 0.152 e. The van der Waals surface area contributed by atoms with E-state index < -0.39 is 0 Å². The van der Waals surface area contributed by atoms with Gasteiger partial charge in [-0.1, -0.05) is 6.07 Å². The van der Waals surface area contributed by atoms with Crippen LogP contribution in [0.1, 0.15) is 12.1 Å². The van der Waals surface area contributed by atoms with Crippen LogP contribution in [0.3, 0.4) is 0 Å². The number of rotatable bonds is 3. The second kappa shape index (κ2) is 5.84. The molecule has 0 saturated carbocycles. The first-order chi connectivity index (χ1) is 9.40. The summed E-state index contributed by atoms with van der Waals surface area (Å²) in [6.07, 6.45) is 3.35. The highest BCUT2D eigenvalue weighted by Gasteiger charge is 2.18. The molecule has 0 unspecified atom stereocenters. The van der Waals surface area contributed by atoms with Crippen molar-refractivity contribution in [3.05, 3.63) is 30.1 Å². The first-order valence-corrected chi connectivity index (χ1v) is 7.99. The van der Waals surface area contributed by atoms with E-state index >= 15 is 0 Å². The van der Waals surface area contributed by atoms with Crippen LogP contribution in [0.15, 0.2) is 24.4 Å². The molecule has 5 heteroatoms. The Hall–Kier alpha value is -1.20. The van der Waals surface area contributed by atoms with E-state index in [0.717, 1.165) is 31.1 Å². The van der Waals surface area contributed by atoms with Gasteiger partial charge in [0.1, 0.15) is 5.65 Å². The lowest BCUT2D eigenvalue weighted by atomic mass is 10.3. The molecule has 3 heterocycles. The Morgan fingerprint density at radius 2 is 2.26 bits per heavy atom. The summed E-state index contributed by atoms with van der Waals surface area (Å²) < 4.78 is 2.20. The van der Waals surface area contributed by atoms with Crippen LogP contribution in [-0.2, 0) is 6.54 Å². The van der Waals surface area contributed by atoms with E-state index in [1.54, 1.807) is 0 Å². The van der Waals surface area contributed by atoms with Crippen LogP contribution in [0.25, 0.3) is 5.65 Å². The minimum absolute atomic E-state index is 0.851. The van der Waals surface area contributed by atoms with Gasteiger partial charge in [0, 0.05) is 31.6 Å². The number of hydrogen-bond acceptors (Lipinski definition) is 4. The van der Waals surface area contributed by atoms with E-state index in [0.29, 0.717) is 0 Å². The van der Waals surface area contributed by atoms with Gasteiger partial charge in [0.15, 0.2) is 5.82 Å². The lowest BCUT2D eigenvalue weighted by Gasteiger charge is -2.21. The summed E-state index contributed by atoms with van der Waals surface area (Å²) >= 11 is 2.05. The van der Waals surface area contributed by atoms with Gasteiger partial charge in [-0.2, -0.15) is 11.8 Å². The Kier molecular flexibility index (Phi) is 3.94. The van der Waals surface area contributed by atoms with Gasteiger partial charge in [0.2, 0.25) is 0 Å². The zero-order valence-electron chi connectivity index (χ0n) is 11.3. The predicted molar refractivity (Wildman–Crippen MR) is 82.1 cm³/mol. The molecular formula is C14H20N4S. The average molecular weight is 276 g/mol. The molecule has 1 aliphatic heterocycles. The van der Waals surface area contributed by atoms with Gasteiger partial charge in [-0.25, -0.2) is 4.98 Å². The van der Waals surface area contributed by atoms with Crippen LogP contribution in [0.2, 0.25) is 0 Å². The third-order valence-corrected chi connectivity index (χ3v) is 4.52. The maximum absolute atomic E-state index is 4.84. The number of nitrogens with zero attached hydrogens (tertiary/aromatic N) is 3. The first-order valence-electron chi connectivity index (χ1n) is 6.83. The predicted octanol–water partition coefficient (Wildman–Crippen LogP) is 2.00. The van der Waals surface area contributed by atoms with E-state index in [1.165, 1.54) is 23.6 Å². The molecule has 0 aromatic carbocycles. The number of anilines is 1. The number of fused-ring (bicyclic) bond motifs is 1. The maximum atomic E-state index is 4.84. The molecule has 0 bridgehead atoms. The molecule has 19 heavy (non-hydrogen) atoms. The molecule has 0 amide bonds. The summed E-state index contributed by atoms with van der Waals surface area (Å²) in [7, 11) is 1.99. The van der Waals surface area contributed by atoms with Crippen LogP contribution in [-0.4, -0.2) is 41.0 Å². The largest absolute Gasteiger partial charge is 0.354 e. The Morgan fingerprint density at radius 3 is 3.16 bits per heavy atom. The normalized spacial score (nSPS) is 16.8. The van der Waals surface area contributed by atoms with Gasteiger partial charge in [0.25, 0.3) is 0 Å². The molecule has 2 aromatic heterocycles. The van der Waals surface area contributed by atoms with Gasteiger partial charge in [0.05, 0.1) is 5.69 Å². The Labute approximate surface area is 118 Å². The number of nitrogens with one attached hydrogen (secondary N) is 1. The van der Waals surface area contributed by atoms with Crippen molar-refractivity contribution in [3.8, 4) is 0 Å². The fourth-order valence-corrected chi connectivity index (χ4v) is 3.46. The number of aromatic nitrogens is 2. The minimum atomic E-state index is 0.851. The molecule has 1 fully saturated rings. The van der Waals surface area contributed by atoms with Crippen LogP contribution in [0, 0.1) is 0 Å². The molecule has 0 atom stereocenters. The molecule has 1 saturated heterocycles. The standard InChI is InChI=1S/C14H20N4S/c1-15-11-12-14(17-6-4-9-19-10-8-17)16-13-5-2-3-7-18(12)13/h2-3,5,7,15H,4,6,8-11H2,1H3. The third-order valence-electron chi connectivity index (χ3n) is 3.47.